The van der Waals surface area contributed by atoms with Crippen molar-refractivity contribution in [3.8, 4) is 0 Å². The highest BCUT2D eigenvalue weighted by Gasteiger charge is 2.06. The molecule has 3 heteroatoms. The fourth-order valence-corrected chi connectivity index (χ4v) is 0.977. The molecule has 0 atom stereocenters. The molecule has 0 rings (SSSR count). The van der Waals surface area contributed by atoms with Gasteiger partial charge in [0.25, 0.3) is 0 Å². The molecule has 0 aromatic carbocycles. The summed E-state index contributed by atoms with van der Waals surface area (Å²) in [4.78, 5) is 12.7. The first-order valence-electron chi connectivity index (χ1n) is 4.44. The zero-order valence-electron chi connectivity index (χ0n) is 8.29. The van der Waals surface area contributed by atoms with Gasteiger partial charge in [-0.15, -0.1) is 6.58 Å². The summed E-state index contributed by atoms with van der Waals surface area (Å²) in [5, 5.41) is 8.80. The van der Waals surface area contributed by atoms with Crippen LogP contribution in [0.3, 0.4) is 0 Å². The minimum absolute atomic E-state index is 0.388. The summed E-state index contributed by atoms with van der Waals surface area (Å²) < 4.78 is 0. The van der Waals surface area contributed by atoms with Gasteiger partial charge in [-0.3, -0.25) is 0 Å². The van der Waals surface area contributed by atoms with E-state index in [1.165, 1.54) is 0 Å². The fraction of sp³-hybridized carbons (Fsp3) is 0.500. The van der Waals surface area contributed by atoms with Crippen molar-refractivity contribution in [3.05, 3.63) is 24.4 Å². The molecule has 3 nitrogen and oxygen atoms in total. The van der Waals surface area contributed by atoms with E-state index in [1.807, 2.05) is 18.7 Å². The van der Waals surface area contributed by atoms with Crippen LogP contribution in [-0.4, -0.2) is 29.1 Å². The molecule has 0 aromatic heterocycles. The quantitative estimate of drug-likeness (QED) is 0.505. The molecule has 0 amide bonds. The van der Waals surface area contributed by atoms with Gasteiger partial charge in [-0.2, -0.15) is 0 Å². The molecule has 0 bridgehead atoms. The third-order valence-electron chi connectivity index (χ3n) is 1.79. The molecule has 0 saturated carbocycles. The Hall–Kier alpha value is -1.25. The first-order valence-corrected chi connectivity index (χ1v) is 4.44. The van der Waals surface area contributed by atoms with E-state index in [0.717, 1.165) is 13.1 Å². The maximum absolute atomic E-state index is 10.7. The number of hydrogen-bond acceptors (Lipinski definition) is 2. The third kappa shape index (κ3) is 4.35. The lowest BCUT2D eigenvalue weighted by molar-refractivity contribution is -0.132. The van der Waals surface area contributed by atoms with Gasteiger partial charge in [-0.25, -0.2) is 4.79 Å². The van der Waals surface area contributed by atoms with Gasteiger partial charge in [0.05, 0.1) is 5.57 Å². The van der Waals surface area contributed by atoms with Gasteiger partial charge < -0.3 is 10.0 Å². The van der Waals surface area contributed by atoms with E-state index in [2.05, 4.69) is 6.58 Å². The highest BCUT2D eigenvalue weighted by molar-refractivity contribution is 5.86. The average Bonchev–Trinajstić information content (AvgIpc) is 2.11. The molecule has 0 radical (unpaired) electrons. The molecule has 1 N–H and O–H groups in total. The Morgan fingerprint density at radius 3 is 2.31 bits per heavy atom. The van der Waals surface area contributed by atoms with Crippen molar-refractivity contribution >= 4 is 5.97 Å². The van der Waals surface area contributed by atoms with E-state index in [4.69, 9.17) is 5.11 Å². The molecule has 0 unspecified atom stereocenters. The van der Waals surface area contributed by atoms with E-state index in [-0.39, 0.29) is 0 Å². The van der Waals surface area contributed by atoms with Gasteiger partial charge in [0.15, 0.2) is 0 Å². The Kier molecular flexibility index (Phi) is 5.68. The zero-order chi connectivity index (χ0) is 10.3. The molecular formula is C10H17NO2. The second-order valence-corrected chi connectivity index (χ2v) is 2.67. The Labute approximate surface area is 79.4 Å². The van der Waals surface area contributed by atoms with Gasteiger partial charge in [0.1, 0.15) is 0 Å². The van der Waals surface area contributed by atoms with Crippen LogP contribution in [0.1, 0.15) is 20.3 Å². The molecule has 0 aliphatic heterocycles. The van der Waals surface area contributed by atoms with Crippen molar-refractivity contribution in [1.82, 2.24) is 4.90 Å². The van der Waals surface area contributed by atoms with E-state index in [9.17, 15) is 4.79 Å². The number of rotatable bonds is 6. The Balaban J connectivity index is 4.48. The van der Waals surface area contributed by atoms with Gasteiger partial charge in [0, 0.05) is 19.3 Å². The van der Waals surface area contributed by atoms with Gasteiger partial charge in [-0.05, 0) is 20.3 Å². The largest absolute Gasteiger partial charge is 0.478 e. The minimum Gasteiger partial charge on any atom is -0.478 e. The van der Waals surface area contributed by atoms with Crippen molar-refractivity contribution in [3.63, 3.8) is 0 Å². The number of aliphatic carboxylic acids is 1. The van der Waals surface area contributed by atoms with Crippen molar-refractivity contribution in [2.24, 2.45) is 0 Å². The standard InChI is InChI=1S/C10H17NO2/c1-4-7-9(10(12)13)8-11(5-2)6-3/h4,8H,1,5-7H2,2-3H3,(H,12,13). The number of hydrogen-bond donors (Lipinski definition) is 1. The summed E-state index contributed by atoms with van der Waals surface area (Å²) in [6.07, 6.45) is 3.69. The lowest BCUT2D eigenvalue weighted by Gasteiger charge is -2.16. The first-order chi connectivity index (χ1) is 6.15. The van der Waals surface area contributed by atoms with Crippen molar-refractivity contribution in [2.45, 2.75) is 20.3 Å². The lowest BCUT2D eigenvalue weighted by Crippen LogP contribution is -2.18. The number of carboxylic acids is 1. The molecular weight excluding hydrogens is 166 g/mol. The van der Waals surface area contributed by atoms with Crippen molar-refractivity contribution < 1.29 is 9.90 Å². The van der Waals surface area contributed by atoms with E-state index < -0.39 is 5.97 Å². The maximum Gasteiger partial charge on any atom is 0.333 e. The Morgan fingerprint density at radius 2 is 2.00 bits per heavy atom. The minimum atomic E-state index is -0.869. The summed E-state index contributed by atoms with van der Waals surface area (Å²) in [7, 11) is 0. The van der Waals surface area contributed by atoms with Crippen molar-refractivity contribution in [2.75, 3.05) is 13.1 Å². The maximum atomic E-state index is 10.7. The number of carbonyl (C=O) groups is 1. The van der Waals surface area contributed by atoms with Gasteiger partial charge in [0.2, 0.25) is 0 Å². The molecule has 13 heavy (non-hydrogen) atoms. The lowest BCUT2D eigenvalue weighted by atomic mass is 10.2. The summed E-state index contributed by atoms with van der Waals surface area (Å²) in [6.45, 7) is 9.15. The van der Waals surface area contributed by atoms with E-state index in [1.54, 1.807) is 12.3 Å². The molecule has 0 heterocycles. The van der Waals surface area contributed by atoms with Crippen LogP contribution in [-0.2, 0) is 4.79 Å². The Bertz CT molecular complexity index is 205. The predicted octanol–water partition coefficient (Wildman–Crippen LogP) is 1.87. The molecule has 0 saturated heterocycles. The van der Waals surface area contributed by atoms with Crippen LogP contribution in [0.5, 0.6) is 0 Å². The number of nitrogens with zero attached hydrogens (tertiary/aromatic N) is 1. The molecule has 0 aliphatic carbocycles. The van der Waals surface area contributed by atoms with Gasteiger partial charge in [-0.1, -0.05) is 6.08 Å². The van der Waals surface area contributed by atoms with Crippen LogP contribution in [0.15, 0.2) is 24.4 Å². The second-order valence-electron chi connectivity index (χ2n) is 2.67. The van der Waals surface area contributed by atoms with E-state index in [0.29, 0.717) is 12.0 Å². The highest BCUT2D eigenvalue weighted by Crippen LogP contribution is 2.04. The smallest absolute Gasteiger partial charge is 0.333 e. The van der Waals surface area contributed by atoms with Crippen LogP contribution in [0.4, 0.5) is 0 Å². The summed E-state index contributed by atoms with van der Waals surface area (Å²) in [5.74, 6) is -0.869. The van der Waals surface area contributed by atoms with Crippen LogP contribution in [0.25, 0.3) is 0 Å². The number of allylic oxidation sites excluding steroid dienone is 1. The zero-order valence-corrected chi connectivity index (χ0v) is 8.29. The molecule has 0 aromatic rings. The average molecular weight is 183 g/mol. The SMILES string of the molecule is C=CCC(=CN(CC)CC)C(=O)O. The monoisotopic (exact) mass is 183 g/mol. The Morgan fingerprint density at radius 1 is 1.46 bits per heavy atom. The third-order valence-corrected chi connectivity index (χ3v) is 1.79. The molecule has 0 aliphatic rings. The second kappa shape index (κ2) is 6.29. The molecule has 74 valence electrons. The predicted molar refractivity (Wildman–Crippen MR) is 53.5 cm³/mol. The topological polar surface area (TPSA) is 40.5 Å². The highest BCUT2D eigenvalue weighted by atomic mass is 16.4. The number of carboxylic acid groups (broad SMARTS) is 1. The van der Waals surface area contributed by atoms with E-state index >= 15 is 0 Å². The van der Waals surface area contributed by atoms with Crippen LogP contribution < -0.4 is 0 Å². The van der Waals surface area contributed by atoms with Crippen LogP contribution >= 0.6 is 0 Å². The van der Waals surface area contributed by atoms with Gasteiger partial charge >= 0.3 is 5.97 Å². The summed E-state index contributed by atoms with van der Waals surface area (Å²) in [6, 6.07) is 0. The van der Waals surface area contributed by atoms with Crippen molar-refractivity contribution in [1.29, 1.82) is 0 Å². The summed E-state index contributed by atoms with van der Waals surface area (Å²) >= 11 is 0. The van der Waals surface area contributed by atoms with Crippen LogP contribution in [0.2, 0.25) is 0 Å². The first kappa shape index (κ1) is 11.8. The normalized spacial score (nSPS) is 11.1. The summed E-state index contributed by atoms with van der Waals surface area (Å²) in [5.41, 5.74) is 0.388. The molecule has 0 spiro atoms. The fourth-order valence-electron chi connectivity index (χ4n) is 0.977. The van der Waals surface area contributed by atoms with Crippen LogP contribution in [0, 0.1) is 0 Å². The molecule has 0 fully saturated rings.